The second-order valence-electron chi connectivity index (χ2n) is 7.07. The van der Waals surface area contributed by atoms with Crippen LogP contribution in [0.1, 0.15) is 52.9 Å². The van der Waals surface area contributed by atoms with Crippen molar-refractivity contribution in [3.63, 3.8) is 0 Å². The zero-order valence-electron chi connectivity index (χ0n) is 14.0. The fourth-order valence-corrected chi connectivity index (χ4v) is 2.49. The molecule has 0 spiro atoms. The third kappa shape index (κ3) is 5.21. The van der Waals surface area contributed by atoms with Crippen LogP contribution in [0.2, 0.25) is 0 Å². The molecule has 0 radical (unpaired) electrons. The van der Waals surface area contributed by atoms with E-state index in [9.17, 15) is 4.79 Å². The van der Waals surface area contributed by atoms with Gasteiger partial charge in [-0.1, -0.05) is 32.4 Å². The Morgan fingerprint density at radius 1 is 1.09 bits per heavy atom. The van der Waals surface area contributed by atoms with E-state index in [0.29, 0.717) is 0 Å². The van der Waals surface area contributed by atoms with Crippen molar-refractivity contribution in [3.8, 4) is 0 Å². The van der Waals surface area contributed by atoms with Gasteiger partial charge in [-0.15, -0.1) is 0 Å². The third-order valence-electron chi connectivity index (χ3n) is 3.98. The lowest BCUT2D eigenvalue weighted by molar-refractivity contribution is -0.123. The molecule has 2 rings (SSSR count). The summed E-state index contributed by atoms with van der Waals surface area (Å²) in [4.78, 5) is 11.9. The summed E-state index contributed by atoms with van der Waals surface area (Å²) in [5, 5.41) is 6.39. The van der Waals surface area contributed by atoms with Crippen molar-refractivity contribution in [2.45, 2.75) is 52.9 Å². The van der Waals surface area contributed by atoms with Gasteiger partial charge in [0.2, 0.25) is 5.91 Å². The summed E-state index contributed by atoms with van der Waals surface area (Å²) in [5.41, 5.74) is 3.17. The van der Waals surface area contributed by atoms with E-state index in [2.05, 4.69) is 16.7 Å². The van der Waals surface area contributed by atoms with E-state index in [-0.39, 0.29) is 11.3 Å². The zero-order valence-corrected chi connectivity index (χ0v) is 14.0. The van der Waals surface area contributed by atoms with E-state index >= 15 is 0 Å². The highest BCUT2D eigenvalue weighted by molar-refractivity contribution is 5.94. The molecule has 1 amide bonds. The summed E-state index contributed by atoms with van der Waals surface area (Å²) in [7, 11) is 0. The number of carbonyl (C=O) groups excluding carboxylic acids is 1. The van der Waals surface area contributed by atoms with E-state index < -0.39 is 0 Å². The van der Waals surface area contributed by atoms with Gasteiger partial charge < -0.3 is 10.6 Å². The summed E-state index contributed by atoms with van der Waals surface area (Å²) < 4.78 is 0. The van der Waals surface area contributed by atoms with Gasteiger partial charge >= 0.3 is 0 Å². The monoisotopic (exact) mass is 300 g/mol. The van der Waals surface area contributed by atoms with Gasteiger partial charge in [0, 0.05) is 23.3 Å². The highest BCUT2D eigenvalue weighted by Gasteiger charge is 2.20. The molecule has 120 valence electrons. The lowest BCUT2D eigenvalue weighted by Crippen LogP contribution is -2.27. The van der Waals surface area contributed by atoms with Crippen molar-refractivity contribution in [3.05, 3.63) is 35.9 Å². The first-order chi connectivity index (χ1) is 10.4. The van der Waals surface area contributed by atoms with Crippen LogP contribution in [0.3, 0.4) is 0 Å². The Bertz CT molecular complexity index is 523. The number of hydrogen-bond acceptors (Lipinski definition) is 2. The summed E-state index contributed by atoms with van der Waals surface area (Å²) in [6.45, 7) is 6.72. The maximum absolute atomic E-state index is 11.9. The number of anilines is 2. The van der Waals surface area contributed by atoms with Crippen LogP contribution in [0.15, 0.2) is 35.9 Å². The molecule has 0 aliphatic heterocycles. The lowest BCUT2D eigenvalue weighted by Gasteiger charge is -2.18. The Kier molecular flexibility index (Phi) is 5.64. The van der Waals surface area contributed by atoms with Gasteiger partial charge in [0.15, 0.2) is 0 Å². The van der Waals surface area contributed by atoms with Crippen LogP contribution in [-0.2, 0) is 4.79 Å². The second-order valence-corrected chi connectivity index (χ2v) is 7.07. The standard InChI is InChI=1S/C19H28N2O/c1-19(2,3)18(22)21-17-11-9-16(10-12-17)20-14-13-15-7-5-4-6-8-15/h7,9-12,20H,4-6,8,13-14H2,1-3H3,(H,21,22). The molecule has 0 atom stereocenters. The first-order valence-electron chi connectivity index (χ1n) is 8.28. The van der Waals surface area contributed by atoms with Crippen molar-refractivity contribution in [1.82, 2.24) is 0 Å². The molecule has 1 aromatic rings. The molecule has 1 aliphatic rings. The van der Waals surface area contributed by atoms with Crippen molar-refractivity contribution < 1.29 is 4.79 Å². The Morgan fingerprint density at radius 2 is 1.77 bits per heavy atom. The molecule has 0 unspecified atom stereocenters. The third-order valence-corrected chi connectivity index (χ3v) is 3.98. The molecule has 0 aromatic heterocycles. The molecule has 0 heterocycles. The Balaban J connectivity index is 1.79. The molecule has 1 aliphatic carbocycles. The lowest BCUT2D eigenvalue weighted by atomic mass is 9.95. The van der Waals surface area contributed by atoms with Gasteiger partial charge in [0.05, 0.1) is 0 Å². The van der Waals surface area contributed by atoms with Gasteiger partial charge in [-0.05, 0) is 56.4 Å². The number of amides is 1. The minimum atomic E-state index is -0.370. The molecular formula is C19H28N2O. The quantitative estimate of drug-likeness (QED) is 0.753. The number of nitrogens with one attached hydrogen (secondary N) is 2. The summed E-state index contributed by atoms with van der Waals surface area (Å²) >= 11 is 0. The molecule has 3 heteroatoms. The van der Waals surface area contributed by atoms with E-state index in [1.165, 1.54) is 25.7 Å². The van der Waals surface area contributed by atoms with Crippen molar-refractivity contribution in [2.75, 3.05) is 17.2 Å². The maximum atomic E-state index is 11.9. The normalized spacial score (nSPS) is 15.1. The molecule has 1 aromatic carbocycles. The van der Waals surface area contributed by atoms with Crippen molar-refractivity contribution in [2.24, 2.45) is 5.41 Å². The Hall–Kier alpha value is -1.77. The smallest absolute Gasteiger partial charge is 0.229 e. The zero-order chi connectivity index (χ0) is 16.0. The number of carbonyl (C=O) groups is 1. The second kappa shape index (κ2) is 7.48. The van der Waals surface area contributed by atoms with Gasteiger partial charge in [-0.25, -0.2) is 0 Å². The molecule has 3 nitrogen and oxygen atoms in total. The highest BCUT2D eigenvalue weighted by atomic mass is 16.2. The fourth-order valence-electron chi connectivity index (χ4n) is 2.49. The number of rotatable bonds is 5. The molecular weight excluding hydrogens is 272 g/mol. The SMILES string of the molecule is CC(C)(C)C(=O)Nc1ccc(NCCC2=CCCCC2)cc1. The molecule has 0 saturated carbocycles. The minimum Gasteiger partial charge on any atom is -0.385 e. The first kappa shape index (κ1) is 16.6. The molecule has 0 saturated heterocycles. The number of hydrogen-bond donors (Lipinski definition) is 2. The van der Waals surface area contributed by atoms with Crippen LogP contribution in [-0.4, -0.2) is 12.5 Å². The average molecular weight is 300 g/mol. The van der Waals surface area contributed by atoms with Crippen LogP contribution in [0, 0.1) is 5.41 Å². The van der Waals surface area contributed by atoms with Gasteiger partial charge in [-0.2, -0.15) is 0 Å². The van der Waals surface area contributed by atoms with E-state index in [4.69, 9.17) is 0 Å². The van der Waals surface area contributed by atoms with Crippen molar-refractivity contribution in [1.29, 1.82) is 0 Å². The number of benzene rings is 1. The van der Waals surface area contributed by atoms with Crippen LogP contribution in [0.4, 0.5) is 11.4 Å². The van der Waals surface area contributed by atoms with Crippen LogP contribution in [0.25, 0.3) is 0 Å². The molecule has 0 fully saturated rings. The summed E-state index contributed by atoms with van der Waals surface area (Å²) in [6, 6.07) is 7.94. The van der Waals surface area contributed by atoms with E-state index in [1.54, 1.807) is 5.57 Å². The number of allylic oxidation sites excluding steroid dienone is 1. The van der Waals surface area contributed by atoms with Crippen molar-refractivity contribution >= 4 is 17.3 Å². The van der Waals surface area contributed by atoms with Crippen LogP contribution in [0.5, 0.6) is 0 Å². The molecule has 22 heavy (non-hydrogen) atoms. The van der Waals surface area contributed by atoms with Gasteiger partial charge in [-0.3, -0.25) is 4.79 Å². The summed E-state index contributed by atoms with van der Waals surface area (Å²) in [5.74, 6) is 0.0393. The predicted molar refractivity (Wildman–Crippen MR) is 94.2 cm³/mol. The maximum Gasteiger partial charge on any atom is 0.229 e. The van der Waals surface area contributed by atoms with Gasteiger partial charge in [0.1, 0.15) is 0 Å². The van der Waals surface area contributed by atoms with Gasteiger partial charge in [0.25, 0.3) is 0 Å². The molecule has 2 N–H and O–H groups in total. The van der Waals surface area contributed by atoms with E-state index in [1.807, 2.05) is 45.0 Å². The first-order valence-corrected chi connectivity index (χ1v) is 8.28. The minimum absolute atomic E-state index is 0.0393. The highest BCUT2D eigenvalue weighted by Crippen LogP contribution is 2.21. The fraction of sp³-hybridized carbons (Fsp3) is 0.526. The Morgan fingerprint density at radius 3 is 2.36 bits per heavy atom. The summed E-state index contributed by atoms with van der Waals surface area (Å²) in [6.07, 6.45) is 8.72. The predicted octanol–water partition coefficient (Wildman–Crippen LogP) is 4.97. The van der Waals surface area contributed by atoms with Crippen LogP contribution < -0.4 is 10.6 Å². The van der Waals surface area contributed by atoms with E-state index in [0.717, 1.165) is 24.3 Å². The Labute approximate surface area is 134 Å². The largest absolute Gasteiger partial charge is 0.385 e. The van der Waals surface area contributed by atoms with Crippen LogP contribution >= 0.6 is 0 Å². The topological polar surface area (TPSA) is 41.1 Å². The average Bonchev–Trinajstić information content (AvgIpc) is 2.49. The molecule has 0 bridgehead atoms.